The Labute approximate surface area is 113 Å². The van der Waals surface area contributed by atoms with Crippen molar-refractivity contribution in [2.75, 3.05) is 18.2 Å². The fourth-order valence-corrected chi connectivity index (χ4v) is 1.87. The van der Waals surface area contributed by atoms with Crippen LogP contribution < -0.4 is 15.8 Å². The number of methoxy groups -OCH3 is 1. The van der Waals surface area contributed by atoms with E-state index in [0.717, 1.165) is 9.26 Å². The Kier molecular flexibility index (Phi) is 3.62. The van der Waals surface area contributed by atoms with Crippen molar-refractivity contribution in [2.45, 2.75) is 0 Å². The number of rotatable bonds is 3. The van der Waals surface area contributed by atoms with Crippen LogP contribution in [0.25, 0.3) is 0 Å². The third-order valence-electron chi connectivity index (χ3n) is 2.03. The smallest absolute Gasteiger partial charge is 0.225 e. The van der Waals surface area contributed by atoms with E-state index in [0.29, 0.717) is 11.7 Å². The summed E-state index contributed by atoms with van der Waals surface area (Å²) in [5.41, 5.74) is 6.52. The van der Waals surface area contributed by atoms with E-state index in [4.69, 9.17) is 10.5 Å². The van der Waals surface area contributed by atoms with E-state index in [1.807, 2.05) is 24.3 Å². The molecule has 1 aromatic carbocycles. The number of hydrogen-bond donors (Lipinski definition) is 2. The van der Waals surface area contributed by atoms with Crippen LogP contribution in [0.15, 0.2) is 30.3 Å². The van der Waals surface area contributed by atoms with Gasteiger partial charge in [-0.15, -0.1) is 0 Å². The van der Waals surface area contributed by atoms with Gasteiger partial charge in [0, 0.05) is 15.3 Å². The summed E-state index contributed by atoms with van der Waals surface area (Å²) < 4.78 is 6.16. The minimum Gasteiger partial charge on any atom is -0.481 e. The Morgan fingerprint density at radius 1 is 1.29 bits per heavy atom. The maximum absolute atomic E-state index is 5.57. The molecule has 0 saturated heterocycles. The van der Waals surface area contributed by atoms with Gasteiger partial charge in [-0.3, -0.25) is 0 Å². The summed E-state index contributed by atoms with van der Waals surface area (Å²) in [7, 11) is 1.54. The molecule has 0 spiro atoms. The summed E-state index contributed by atoms with van der Waals surface area (Å²) in [4.78, 5) is 7.99. The molecule has 3 N–H and O–H groups in total. The highest BCUT2D eigenvalue weighted by atomic mass is 127. The van der Waals surface area contributed by atoms with Crippen LogP contribution in [0.4, 0.5) is 17.5 Å². The van der Waals surface area contributed by atoms with Gasteiger partial charge in [-0.2, -0.15) is 9.97 Å². The summed E-state index contributed by atoms with van der Waals surface area (Å²) in [5.74, 6) is 1.22. The first-order valence-electron chi connectivity index (χ1n) is 4.88. The summed E-state index contributed by atoms with van der Waals surface area (Å²) in [6.45, 7) is 0. The normalized spacial score (nSPS) is 10.0. The maximum atomic E-state index is 5.57. The molecule has 0 radical (unpaired) electrons. The summed E-state index contributed by atoms with van der Waals surface area (Å²) in [6, 6.07) is 9.63. The molecule has 2 aromatic rings. The Bertz CT molecular complexity index is 533. The Morgan fingerprint density at radius 3 is 2.82 bits per heavy atom. The van der Waals surface area contributed by atoms with Crippen molar-refractivity contribution in [3.63, 3.8) is 0 Å². The van der Waals surface area contributed by atoms with Crippen LogP contribution in [0.5, 0.6) is 5.88 Å². The third kappa shape index (κ3) is 3.19. The van der Waals surface area contributed by atoms with E-state index in [-0.39, 0.29) is 5.95 Å². The molecule has 17 heavy (non-hydrogen) atoms. The first-order valence-corrected chi connectivity index (χ1v) is 5.96. The lowest BCUT2D eigenvalue weighted by Crippen LogP contribution is -2.01. The predicted molar refractivity (Wildman–Crippen MR) is 75.4 cm³/mol. The number of benzene rings is 1. The number of aromatic nitrogens is 2. The highest BCUT2D eigenvalue weighted by molar-refractivity contribution is 14.1. The van der Waals surface area contributed by atoms with Gasteiger partial charge in [0.15, 0.2) is 0 Å². The molecule has 2 rings (SSSR count). The van der Waals surface area contributed by atoms with Crippen LogP contribution >= 0.6 is 22.6 Å². The number of nitrogen functional groups attached to an aromatic ring is 1. The zero-order valence-electron chi connectivity index (χ0n) is 9.14. The van der Waals surface area contributed by atoms with Gasteiger partial charge < -0.3 is 15.8 Å². The summed E-state index contributed by atoms with van der Waals surface area (Å²) in [5, 5.41) is 3.14. The van der Waals surface area contributed by atoms with Gasteiger partial charge in [0.2, 0.25) is 11.8 Å². The number of nitrogens with zero attached hydrogens (tertiary/aromatic N) is 2. The molecule has 5 nitrogen and oxygen atoms in total. The Balaban J connectivity index is 2.26. The van der Waals surface area contributed by atoms with Crippen molar-refractivity contribution >= 4 is 40.0 Å². The molecule has 1 aromatic heterocycles. The molecule has 0 aliphatic heterocycles. The van der Waals surface area contributed by atoms with Crippen LogP contribution in [0.1, 0.15) is 0 Å². The van der Waals surface area contributed by atoms with Crippen LogP contribution in [0.2, 0.25) is 0 Å². The van der Waals surface area contributed by atoms with Gasteiger partial charge in [0.25, 0.3) is 0 Å². The van der Waals surface area contributed by atoms with E-state index in [9.17, 15) is 0 Å². The van der Waals surface area contributed by atoms with Crippen LogP contribution in [0, 0.1) is 3.57 Å². The largest absolute Gasteiger partial charge is 0.481 e. The van der Waals surface area contributed by atoms with Crippen LogP contribution in [0.3, 0.4) is 0 Å². The van der Waals surface area contributed by atoms with Crippen molar-refractivity contribution in [1.29, 1.82) is 0 Å². The fourth-order valence-electron chi connectivity index (χ4n) is 1.33. The van der Waals surface area contributed by atoms with Gasteiger partial charge in [0.05, 0.1) is 7.11 Å². The zero-order chi connectivity index (χ0) is 12.3. The van der Waals surface area contributed by atoms with Crippen molar-refractivity contribution < 1.29 is 4.74 Å². The van der Waals surface area contributed by atoms with E-state index >= 15 is 0 Å². The van der Waals surface area contributed by atoms with E-state index < -0.39 is 0 Å². The van der Waals surface area contributed by atoms with Gasteiger partial charge in [-0.25, -0.2) is 0 Å². The summed E-state index contributed by atoms with van der Waals surface area (Å²) in [6.07, 6.45) is 0. The molecule has 0 fully saturated rings. The molecular weight excluding hydrogens is 331 g/mol. The maximum Gasteiger partial charge on any atom is 0.225 e. The highest BCUT2D eigenvalue weighted by Gasteiger charge is 2.02. The molecule has 0 aliphatic rings. The molecule has 0 amide bonds. The first kappa shape index (κ1) is 11.9. The molecule has 0 bridgehead atoms. The van der Waals surface area contributed by atoms with Gasteiger partial charge in [0.1, 0.15) is 5.82 Å². The quantitative estimate of drug-likeness (QED) is 0.838. The molecule has 6 heteroatoms. The number of nitrogens with one attached hydrogen (secondary N) is 1. The number of hydrogen-bond acceptors (Lipinski definition) is 5. The average molecular weight is 342 g/mol. The number of halogens is 1. The lowest BCUT2D eigenvalue weighted by molar-refractivity contribution is 0.398. The molecule has 0 saturated carbocycles. The van der Waals surface area contributed by atoms with Crippen molar-refractivity contribution in [3.8, 4) is 5.88 Å². The molecule has 0 aliphatic carbocycles. The fraction of sp³-hybridized carbons (Fsp3) is 0.0909. The van der Waals surface area contributed by atoms with Gasteiger partial charge in [-0.05, 0) is 40.8 Å². The third-order valence-corrected chi connectivity index (χ3v) is 2.70. The highest BCUT2D eigenvalue weighted by Crippen LogP contribution is 2.20. The standard InChI is InChI=1S/C11H11IN4O/c1-17-10-6-9(15-11(13)16-10)14-8-4-2-3-7(12)5-8/h2-6H,1H3,(H3,13,14,15,16). The molecular formula is C11H11IN4O. The molecule has 88 valence electrons. The Hall–Kier alpha value is -1.57. The van der Waals surface area contributed by atoms with Crippen molar-refractivity contribution in [3.05, 3.63) is 33.9 Å². The van der Waals surface area contributed by atoms with E-state index in [1.54, 1.807) is 6.07 Å². The van der Waals surface area contributed by atoms with E-state index in [2.05, 4.69) is 37.9 Å². The lowest BCUT2D eigenvalue weighted by atomic mass is 10.3. The average Bonchev–Trinajstić information content (AvgIpc) is 2.28. The van der Waals surface area contributed by atoms with Crippen molar-refractivity contribution in [1.82, 2.24) is 9.97 Å². The topological polar surface area (TPSA) is 73.1 Å². The zero-order valence-corrected chi connectivity index (χ0v) is 11.3. The van der Waals surface area contributed by atoms with Crippen LogP contribution in [-0.2, 0) is 0 Å². The van der Waals surface area contributed by atoms with Crippen molar-refractivity contribution in [2.24, 2.45) is 0 Å². The Morgan fingerprint density at radius 2 is 2.12 bits per heavy atom. The number of anilines is 3. The lowest BCUT2D eigenvalue weighted by Gasteiger charge is -2.07. The van der Waals surface area contributed by atoms with Crippen LogP contribution in [-0.4, -0.2) is 17.1 Å². The van der Waals surface area contributed by atoms with Gasteiger partial charge in [-0.1, -0.05) is 6.07 Å². The second-order valence-corrected chi connectivity index (χ2v) is 4.53. The van der Waals surface area contributed by atoms with E-state index in [1.165, 1.54) is 7.11 Å². The second-order valence-electron chi connectivity index (χ2n) is 3.29. The van der Waals surface area contributed by atoms with Gasteiger partial charge >= 0.3 is 0 Å². The number of nitrogens with two attached hydrogens (primary N) is 1. The minimum atomic E-state index is 0.178. The first-order chi connectivity index (χ1) is 8.17. The number of ether oxygens (including phenoxy) is 1. The molecule has 1 heterocycles. The second kappa shape index (κ2) is 5.17. The monoisotopic (exact) mass is 342 g/mol. The SMILES string of the molecule is COc1cc(Nc2cccc(I)c2)nc(N)n1. The molecule has 0 unspecified atom stereocenters. The minimum absolute atomic E-state index is 0.178. The predicted octanol–water partition coefficient (Wildman–Crippen LogP) is 2.42. The summed E-state index contributed by atoms with van der Waals surface area (Å²) >= 11 is 2.25. The molecule has 0 atom stereocenters.